The molecule has 1 fully saturated rings. The highest BCUT2D eigenvalue weighted by atomic mass is 35.5. The van der Waals surface area contributed by atoms with Gasteiger partial charge in [-0.2, -0.15) is 0 Å². The van der Waals surface area contributed by atoms with Gasteiger partial charge in [-0.1, -0.05) is 30.9 Å². The Labute approximate surface area is 153 Å². The van der Waals surface area contributed by atoms with Gasteiger partial charge in [-0.15, -0.1) is 0 Å². The van der Waals surface area contributed by atoms with Crippen LogP contribution >= 0.6 is 42.5 Å². The second kappa shape index (κ2) is 9.52. The second-order valence-electron chi connectivity index (χ2n) is 4.92. The molecule has 9 heteroatoms. The Morgan fingerprint density at radius 3 is 3.04 bits per heavy atom. The number of benzene rings is 1. The normalized spacial score (nSPS) is 25.4. The highest BCUT2D eigenvalue weighted by Crippen LogP contribution is 2.35. The highest BCUT2D eigenvalue weighted by molar-refractivity contribution is 8.53. The van der Waals surface area contributed by atoms with Crippen LogP contribution in [0.2, 0.25) is 10.0 Å². The summed E-state index contributed by atoms with van der Waals surface area (Å²) < 4.78 is 16.7. The van der Waals surface area contributed by atoms with Crippen molar-refractivity contribution in [2.24, 2.45) is 0 Å². The summed E-state index contributed by atoms with van der Waals surface area (Å²) in [6.07, 6.45) is 0.901. The predicted octanol–water partition coefficient (Wildman–Crippen LogP) is 4.14. The zero-order chi connectivity index (χ0) is 16.8. The molecule has 1 aromatic carbocycles. The Kier molecular flexibility index (Phi) is 8.03. The molecule has 1 saturated heterocycles. The van der Waals surface area contributed by atoms with Crippen molar-refractivity contribution >= 4 is 50.1 Å². The number of rotatable bonds is 7. The van der Waals surface area contributed by atoms with Gasteiger partial charge in [0.15, 0.2) is 6.29 Å². The van der Waals surface area contributed by atoms with Gasteiger partial charge in [-0.25, -0.2) is 0 Å². The van der Waals surface area contributed by atoms with Gasteiger partial charge < -0.3 is 18.8 Å². The van der Waals surface area contributed by atoms with Gasteiger partial charge in [0.1, 0.15) is 32.1 Å². The summed E-state index contributed by atoms with van der Waals surface area (Å²) in [5.74, 6) is 0.556. The average Bonchev–Trinajstić information content (AvgIpc) is 2.88. The quantitative estimate of drug-likeness (QED) is 0.327. The van der Waals surface area contributed by atoms with Gasteiger partial charge >= 0.3 is 0 Å². The van der Waals surface area contributed by atoms with Gasteiger partial charge in [0.25, 0.3) is 0 Å². The molecule has 4 atom stereocenters. The topological polar surface area (TPSA) is 47.9 Å². The molecule has 0 bridgehead atoms. The van der Waals surface area contributed by atoms with E-state index in [1.165, 1.54) is 11.7 Å². The Hall–Kier alpha value is 0.0649. The van der Waals surface area contributed by atoms with Crippen molar-refractivity contribution in [2.45, 2.75) is 31.8 Å². The lowest BCUT2D eigenvalue weighted by atomic mass is 10.1. The van der Waals surface area contributed by atoms with E-state index >= 15 is 0 Å². The number of hydrogen-bond donors (Lipinski definition) is 1. The van der Waals surface area contributed by atoms with Gasteiger partial charge in [-0.05, 0) is 36.8 Å². The fraction of sp³-hybridized carbons (Fsp3) is 0.429. The van der Waals surface area contributed by atoms with E-state index < -0.39 is 6.29 Å². The van der Waals surface area contributed by atoms with Crippen molar-refractivity contribution in [2.75, 3.05) is 6.61 Å². The van der Waals surface area contributed by atoms with E-state index in [9.17, 15) is 5.11 Å². The van der Waals surface area contributed by atoms with Crippen LogP contribution in [0, 0.1) is 0 Å². The molecular weight excluding hydrogens is 377 g/mol. The molecule has 4 nitrogen and oxygen atoms in total. The van der Waals surface area contributed by atoms with Crippen LogP contribution in [0.25, 0.3) is 0 Å². The van der Waals surface area contributed by atoms with Crippen LogP contribution in [0.3, 0.4) is 0 Å². The van der Waals surface area contributed by atoms with E-state index in [-0.39, 0.29) is 19.9 Å². The minimum atomic E-state index is -0.832. The third-order valence-corrected chi connectivity index (χ3v) is 4.83. The van der Waals surface area contributed by atoms with E-state index in [0.29, 0.717) is 28.8 Å². The lowest BCUT2D eigenvalue weighted by Crippen LogP contribution is -2.23. The molecule has 1 N–H and O–H groups in total. The molecule has 1 aliphatic heterocycles. The lowest BCUT2D eigenvalue weighted by Gasteiger charge is -2.18. The van der Waals surface area contributed by atoms with E-state index in [4.69, 9.17) is 44.4 Å². The summed E-state index contributed by atoms with van der Waals surface area (Å²) in [5.41, 5.74) is 0.914. The summed E-state index contributed by atoms with van der Waals surface area (Å²) >= 11 is 13.1. The maximum atomic E-state index is 9.66. The SMILES string of the molecule is [B]PSOC1CC(O)OC1/C(C)=C\COc1ccc(Cl)cc1Cl. The molecule has 0 spiro atoms. The monoisotopic (exact) mass is 392 g/mol. The molecule has 0 aromatic heterocycles. The Morgan fingerprint density at radius 1 is 1.57 bits per heavy atom. The second-order valence-corrected chi connectivity index (χ2v) is 7.56. The van der Waals surface area contributed by atoms with Crippen molar-refractivity contribution in [1.82, 2.24) is 0 Å². The van der Waals surface area contributed by atoms with Gasteiger partial charge in [0, 0.05) is 23.1 Å². The van der Waals surface area contributed by atoms with Crippen LogP contribution in [-0.2, 0) is 8.92 Å². The first-order valence-corrected chi connectivity index (χ1v) is 10.2. The summed E-state index contributed by atoms with van der Waals surface area (Å²) in [4.78, 5) is 0. The van der Waals surface area contributed by atoms with E-state index in [1.54, 1.807) is 18.2 Å². The summed E-state index contributed by atoms with van der Waals surface area (Å²) in [6, 6.07) is 5.05. The number of hydrogen-bond acceptors (Lipinski definition) is 5. The van der Waals surface area contributed by atoms with Crippen LogP contribution < -0.4 is 4.74 Å². The number of halogens is 2. The largest absolute Gasteiger partial charge is 0.488 e. The Balaban J connectivity index is 1.93. The molecule has 2 radical (unpaired) electrons. The molecule has 1 aromatic rings. The van der Waals surface area contributed by atoms with Crippen LogP contribution in [0.15, 0.2) is 29.8 Å². The molecule has 2 rings (SSSR count). The van der Waals surface area contributed by atoms with Crippen molar-refractivity contribution in [1.29, 1.82) is 0 Å². The molecule has 124 valence electrons. The van der Waals surface area contributed by atoms with Gasteiger partial charge in [-0.3, -0.25) is 0 Å². The number of aliphatic hydroxyl groups excluding tert-OH is 1. The van der Waals surface area contributed by atoms with Crippen molar-refractivity contribution in [3.05, 3.63) is 39.9 Å². The standard InChI is InChI=1S/C14H16BCl2O4PS/c1-8(14-12(21-23-22-15)7-13(18)20-14)4-5-19-11-3-2-9(16)6-10(11)17/h2-4,6,12-14,18,22H,5,7H2,1H3/b8-4-. The maximum absolute atomic E-state index is 9.66. The van der Waals surface area contributed by atoms with Gasteiger partial charge in [0.2, 0.25) is 0 Å². The molecule has 0 amide bonds. The molecule has 4 unspecified atom stereocenters. The molecule has 1 heterocycles. The zero-order valence-electron chi connectivity index (χ0n) is 12.4. The van der Waals surface area contributed by atoms with Crippen molar-refractivity contribution < 1.29 is 18.8 Å². The molecule has 0 saturated carbocycles. The average molecular weight is 393 g/mol. The Bertz CT molecular complexity index is 564. The maximum Gasteiger partial charge on any atom is 0.158 e. The molecule has 0 aliphatic carbocycles. The fourth-order valence-corrected chi connectivity index (χ4v) is 3.55. The van der Waals surface area contributed by atoms with E-state index in [0.717, 1.165) is 5.57 Å². The zero-order valence-corrected chi connectivity index (χ0v) is 15.7. The first-order valence-electron chi connectivity index (χ1n) is 6.87. The smallest absolute Gasteiger partial charge is 0.158 e. The number of aliphatic hydroxyl groups is 1. The van der Waals surface area contributed by atoms with Crippen LogP contribution in [0.5, 0.6) is 5.75 Å². The Morgan fingerprint density at radius 2 is 2.35 bits per heavy atom. The predicted molar refractivity (Wildman–Crippen MR) is 97.7 cm³/mol. The van der Waals surface area contributed by atoms with Crippen LogP contribution in [-0.4, -0.2) is 37.8 Å². The molecule has 23 heavy (non-hydrogen) atoms. The van der Waals surface area contributed by atoms with E-state index in [1.807, 2.05) is 13.0 Å². The minimum Gasteiger partial charge on any atom is -0.488 e. The van der Waals surface area contributed by atoms with Gasteiger partial charge in [0.05, 0.1) is 5.02 Å². The van der Waals surface area contributed by atoms with Crippen molar-refractivity contribution in [3.63, 3.8) is 0 Å². The van der Waals surface area contributed by atoms with E-state index in [2.05, 4.69) is 0 Å². The van der Waals surface area contributed by atoms with Crippen LogP contribution in [0.4, 0.5) is 0 Å². The first kappa shape index (κ1) is 19.4. The summed E-state index contributed by atoms with van der Waals surface area (Å²) in [7, 11) is 5.57. The lowest BCUT2D eigenvalue weighted by molar-refractivity contribution is -0.0829. The summed E-state index contributed by atoms with van der Waals surface area (Å²) in [6.45, 7) is 2.23. The minimum absolute atomic E-state index is 0.127. The van der Waals surface area contributed by atoms with Crippen molar-refractivity contribution in [3.8, 4) is 5.75 Å². The van der Waals surface area contributed by atoms with Crippen LogP contribution in [0.1, 0.15) is 13.3 Å². The summed E-state index contributed by atoms with van der Waals surface area (Å²) in [5, 5.41) is 10.7. The highest BCUT2D eigenvalue weighted by Gasteiger charge is 2.36. The third-order valence-electron chi connectivity index (χ3n) is 3.28. The molecule has 1 aliphatic rings. The first-order chi connectivity index (χ1) is 11.0. The number of ether oxygens (including phenoxy) is 2. The fourth-order valence-electron chi connectivity index (χ4n) is 2.19. The molecular formula is C14H16BCl2O4PS. The third kappa shape index (κ3) is 5.82.